The molecular formula is C22H16O6S4. The van der Waals surface area contributed by atoms with Crippen molar-refractivity contribution in [2.24, 2.45) is 0 Å². The molecule has 0 unspecified atom stereocenters. The normalized spacial score (nSPS) is 10.2. The van der Waals surface area contributed by atoms with E-state index < -0.39 is 23.5 Å². The highest BCUT2D eigenvalue weighted by Crippen LogP contribution is 2.32. The van der Waals surface area contributed by atoms with Crippen LogP contribution in [0, 0.1) is 0 Å². The molecule has 32 heavy (non-hydrogen) atoms. The minimum atomic E-state index is -1.41. The summed E-state index contributed by atoms with van der Waals surface area (Å²) in [4.78, 5) is 49.3. The zero-order chi connectivity index (χ0) is 23.1. The number of aliphatic carboxylic acids is 1. The molecule has 0 atom stereocenters. The first kappa shape index (κ1) is 23.7. The lowest BCUT2D eigenvalue weighted by atomic mass is 10.3. The molecule has 0 aliphatic carbocycles. The second kappa shape index (κ2) is 11.1. The van der Waals surface area contributed by atoms with Crippen molar-refractivity contribution in [1.82, 2.24) is 0 Å². The van der Waals surface area contributed by atoms with E-state index in [4.69, 9.17) is 5.11 Å². The first-order chi connectivity index (χ1) is 15.4. The summed E-state index contributed by atoms with van der Waals surface area (Å²) in [6.07, 6.45) is 0. The van der Waals surface area contributed by atoms with Crippen LogP contribution in [0.2, 0.25) is 0 Å². The van der Waals surface area contributed by atoms with E-state index in [0.717, 1.165) is 19.5 Å². The molecule has 0 fully saturated rings. The Bertz CT molecular complexity index is 1220. The first-order valence-electron chi connectivity index (χ1n) is 9.17. The van der Waals surface area contributed by atoms with Crippen LogP contribution in [0.5, 0.6) is 0 Å². The summed E-state index contributed by atoms with van der Waals surface area (Å²) >= 11 is 5.68. The molecule has 10 heteroatoms. The van der Waals surface area contributed by atoms with Crippen LogP contribution >= 0.6 is 45.3 Å². The molecule has 0 aromatic carbocycles. The van der Waals surface area contributed by atoms with Crippen LogP contribution in [0.15, 0.2) is 59.3 Å². The number of hydrogen-bond acceptors (Lipinski definition) is 9. The second-order valence-corrected chi connectivity index (χ2v) is 10.0. The van der Waals surface area contributed by atoms with Crippen molar-refractivity contribution in [2.75, 3.05) is 6.61 Å². The molecule has 0 saturated heterocycles. The lowest BCUT2D eigenvalue weighted by molar-refractivity contribution is -0.137. The van der Waals surface area contributed by atoms with Crippen molar-refractivity contribution < 1.29 is 29.0 Å². The number of carbonyl (C=O) groups is 4. The minimum absolute atomic E-state index is 0.216. The summed E-state index contributed by atoms with van der Waals surface area (Å²) < 4.78 is 4.68. The SMILES string of the molecule is CCOC(=O)C(=O)c1ccc(-c2cccs2)s1.O=C(O)C(=O)c1ccc(-c2cccs2)s1. The van der Waals surface area contributed by atoms with E-state index >= 15 is 0 Å². The summed E-state index contributed by atoms with van der Waals surface area (Å²) in [7, 11) is 0. The number of carboxylic acid groups (broad SMARTS) is 1. The Labute approximate surface area is 199 Å². The molecular weight excluding hydrogens is 489 g/mol. The van der Waals surface area contributed by atoms with Crippen molar-refractivity contribution in [3.05, 3.63) is 69.0 Å². The standard InChI is InChI=1S/C12H10O3S2.C10H6O3S2/c1-2-15-12(14)11(13)10-6-5-9(17-10)8-4-3-7-16-8;11-9(10(12)13)8-4-3-7(15-8)6-2-1-5-14-6/h3-7H,2H2,1H3;1-5H,(H,12,13). The van der Waals surface area contributed by atoms with Gasteiger partial charge in [0.05, 0.1) is 16.4 Å². The lowest BCUT2D eigenvalue weighted by Gasteiger charge is -1.97. The maximum atomic E-state index is 11.7. The van der Waals surface area contributed by atoms with Crippen LogP contribution in [-0.4, -0.2) is 35.2 Å². The van der Waals surface area contributed by atoms with E-state index in [-0.39, 0.29) is 11.5 Å². The Morgan fingerprint density at radius 2 is 1.25 bits per heavy atom. The number of thiophene rings is 4. The molecule has 4 rings (SSSR count). The van der Waals surface area contributed by atoms with E-state index in [1.54, 1.807) is 47.8 Å². The zero-order valence-corrected chi connectivity index (χ0v) is 19.9. The summed E-state index contributed by atoms with van der Waals surface area (Å²) in [6, 6.07) is 14.6. The van der Waals surface area contributed by atoms with Crippen LogP contribution < -0.4 is 0 Å². The average molecular weight is 505 g/mol. The number of hydrogen-bond donors (Lipinski definition) is 1. The number of ether oxygens (including phenoxy) is 1. The van der Waals surface area contributed by atoms with Crippen LogP contribution in [0.1, 0.15) is 26.3 Å². The molecule has 0 amide bonds. The number of ketones is 2. The minimum Gasteiger partial charge on any atom is -0.475 e. The predicted octanol–water partition coefficient (Wildman–Crippen LogP) is 5.97. The van der Waals surface area contributed by atoms with Gasteiger partial charge in [0.2, 0.25) is 0 Å². The van der Waals surface area contributed by atoms with Gasteiger partial charge in [0.1, 0.15) is 0 Å². The van der Waals surface area contributed by atoms with Crippen molar-refractivity contribution in [3.63, 3.8) is 0 Å². The van der Waals surface area contributed by atoms with Gasteiger partial charge in [-0.25, -0.2) is 9.59 Å². The Kier molecular flexibility index (Phi) is 8.23. The third-order valence-corrected chi connectivity index (χ3v) is 8.14. The number of esters is 1. The van der Waals surface area contributed by atoms with Crippen molar-refractivity contribution in [1.29, 1.82) is 0 Å². The topological polar surface area (TPSA) is 97.7 Å². The molecule has 4 heterocycles. The summed E-state index contributed by atoms with van der Waals surface area (Å²) in [5.41, 5.74) is 0. The van der Waals surface area contributed by atoms with Gasteiger partial charge in [0.15, 0.2) is 0 Å². The summed E-state index contributed by atoms with van der Waals surface area (Å²) in [6.45, 7) is 1.89. The highest BCUT2D eigenvalue weighted by atomic mass is 32.1. The Morgan fingerprint density at radius 1 is 0.750 bits per heavy atom. The van der Waals surface area contributed by atoms with Gasteiger partial charge in [0.25, 0.3) is 11.6 Å². The van der Waals surface area contributed by atoms with Gasteiger partial charge in [-0.3, -0.25) is 9.59 Å². The van der Waals surface area contributed by atoms with Crippen LogP contribution in [0.4, 0.5) is 0 Å². The van der Waals surface area contributed by atoms with Crippen molar-refractivity contribution in [2.45, 2.75) is 6.92 Å². The highest BCUT2D eigenvalue weighted by molar-refractivity contribution is 7.23. The fourth-order valence-electron chi connectivity index (χ4n) is 2.42. The van der Waals surface area contributed by atoms with Gasteiger partial charge < -0.3 is 9.84 Å². The molecule has 164 valence electrons. The van der Waals surface area contributed by atoms with Gasteiger partial charge in [-0.2, -0.15) is 0 Å². The molecule has 0 radical (unpaired) electrons. The number of carbonyl (C=O) groups excluding carboxylic acids is 3. The molecule has 4 aromatic rings. The predicted molar refractivity (Wildman–Crippen MR) is 128 cm³/mol. The van der Waals surface area contributed by atoms with Crippen LogP contribution in [-0.2, 0) is 14.3 Å². The molecule has 0 bridgehead atoms. The molecule has 4 aromatic heterocycles. The van der Waals surface area contributed by atoms with Gasteiger partial charge in [0, 0.05) is 19.5 Å². The van der Waals surface area contributed by atoms with Gasteiger partial charge in [-0.1, -0.05) is 12.1 Å². The molecule has 1 N–H and O–H groups in total. The van der Waals surface area contributed by atoms with Gasteiger partial charge >= 0.3 is 11.9 Å². The first-order valence-corrected chi connectivity index (χ1v) is 12.6. The van der Waals surface area contributed by atoms with Gasteiger partial charge in [-0.05, 0) is 54.1 Å². The zero-order valence-electron chi connectivity index (χ0n) is 16.6. The van der Waals surface area contributed by atoms with E-state index in [1.807, 2.05) is 41.1 Å². The van der Waals surface area contributed by atoms with Crippen LogP contribution in [0.25, 0.3) is 19.5 Å². The van der Waals surface area contributed by atoms with E-state index in [1.165, 1.54) is 22.7 Å². The number of rotatable bonds is 7. The Morgan fingerprint density at radius 3 is 1.66 bits per heavy atom. The molecule has 6 nitrogen and oxygen atoms in total. The molecule has 0 aliphatic heterocycles. The average Bonchev–Trinajstić information content (AvgIpc) is 3.59. The quantitative estimate of drug-likeness (QED) is 0.189. The number of carboxylic acids is 1. The van der Waals surface area contributed by atoms with E-state index in [9.17, 15) is 19.2 Å². The largest absolute Gasteiger partial charge is 0.475 e. The molecule has 0 spiro atoms. The monoisotopic (exact) mass is 504 g/mol. The fraction of sp³-hybridized carbons (Fsp3) is 0.0909. The van der Waals surface area contributed by atoms with E-state index in [0.29, 0.717) is 4.88 Å². The summed E-state index contributed by atoms with van der Waals surface area (Å²) in [5.74, 6) is -3.61. The Hall–Kier alpha value is -2.92. The second-order valence-electron chi connectivity index (χ2n) is 5.97. The van der Waals surface area contributed by atoms with Crippen LogP contribution in [0.3, 0.4) is 0 Å². The molecule has 0 aliphatic rings. The third kappa shape index (κ3) is 5.86. The Balaban J connectivity index is 0.000000182. The summed E-state index contributed by atoms with van der Waals surface area (Å²) in [5, 5.41) is 12.4. The molecule has 0 saturated carbocycles. The number of Topliss-reactive ketones (excluding diaryl/α,β-unsaturated/α-hetero) is 2. The van der Waals surface area contributed by atoms with Crippen molar-refractivity contribution >= 4 is 68.9 Å². The van der Waals surface area contributed by atoms with E-state index in [2.05, 4.69) is 4.74 Å². The fourth-order valence-corrected chi connectivity index (χ4v) is 5.97. The third-order valence-electron chi connectivity index (χ3n) is 3.84. The maximum Gasteiger partial charge on any atom is 0.380 e. The smallest absolute Gasteiger partial charge is 0.380 e. The maximum absolute atomic E-state index is 11.7. The highest BCUT2D eigenvalue weighted by Gasteiger charge is 2.20. The van der Waals surface area contributed by atoms with Gasteiger partial charge in [-0.15, -0.1) is 45.3 Å². The lowest BCUT2D eigenvalue weighted by Crippen LogP contribution is -2.16. The van der Waals surface area contributed by atoms with Crippen molar-refractivity contribution in [3.8, 4) is 19.5 Å².